The summed E-state index contributed by atoms with van der Waals surface area (Å²) in [6, 6.07) is 4.90. The lowest BCUT2D eigenvalue weighted by Gasteiger charge is -2.34. The van der Waals surface area contributed by atoms with Crippen LogP contribution in [0.3, 0.4) is 0 Å². The van der Waals surface area contributed by atoms with Gasteiger partial charge >= 0.3 is 11.9 Å². The number of aliphatic carboxylic acids is 2. The molecule has 0 radical (unpaired) electrons. The molecule has 1 aliphatic rings. The number of piperidine rings is 1. The molecule has 2 N–H and O–H groups in total. The van der Waals surface area contributed by atoms with Crippen molar-refractivity contribution in [1.29, 1.82) is 0 Å². The molecule has 114 valence electrons. The zero-order valence-electron chi connectivity index (χ0n) is 11.5. The smallest absolute Gasteiger partial charge is 0.308 e. The first-order chi connectivity index (χ1) is 9.99. The highest BCUT2D eigenvalue weighted by Crippen LogP contribution is 2.24. The minimum atomic E-state index is -1.08. The summed E-state index contributed by atoms with van der Waals surface area (Å²) in [6.45, 7) is 1.72. The fourth-order valence-corrected chi connectivity index (χ4v) is 2.66. The van der Waals surface area contributed by atoms with E-state index in [9.17, 15) is 14.4 Å². The van der Waals surface area contributed by atoms with Crippen LogP contribution in [-0.4, -0.2) is 51.3 Å². The van der Waals surface area contributed by atoms with E-state index in [1.807, 2.05) is 4.90 Å². The second-order valence-corrected chi connectivity index (χ2v) is 5.21. The molecule has 7 heteroatoms. The number of nitrogens with zero attached hydrogens (tertiary/aromatic N) is 2. The zero-order chi connectivity index (χ0) is 15.4. The van der Waals surface area contributed by atoms with Gasteiger partial charge in [0.25, 0.3) is 5.56 Å². The van der Waals surface area contributed by atoms with Gasteiger partial charge in [-0.15, -0.1) is 0 Å². The Morgan fingerprint density at radius 1 is 1.14 bits per heavy atom. The van der Waals surface area contributed by atoms with Crippen molar-refractivity contribution in [3.8, 4) is 0 Å². The van der Waals surface area contributed by atoms with E-state index in [1.54, 1.807) is 22.9 Å². The third-order valence-electron chi connectivity index (χ3n) is 3.89. The largest absolute Gasteiger partial charge is 0.481 e. The molecular formula is C14H18N2O5. The minimum absolute atomic E-state index is 0.104. The summed E-state index contributed by atoms with van der Waals surface area (Å²) >= 11 is 0. The van der Waals surface area contributed by atoms with Crippen molar-refractivity contribution in [1.82, 2.24) is 9.47 Å². The number of rotatable bonds is 5. The Labute approximate surface area is 121 Å². The Hall–Kier alpha value is -2.15. The summed E-state index contributed by atoms with van der Waals surface area (Å²) in [5.41, 5.74) is -0.104. The van der Waals surface area contributed by atoms with E-state index in [1.165, 1.54) is 6.07 Å². The summed E-state index contributed by atoms with van der Waals surface area (Å²) in [6.07, 6.45) is 2.00. The van der Waals surface area contributed by atoms with Crippen molar-refractivity contribution in [2.75, 3.05) is 19.6 Å². The molecule has 2 atom stereocenters. The maximum atomic E-state index is 11.6. The minimum Gasteiger partial charge on any atom is -0.481 e. The third-order valence-corrected chi connectivity index (χ3v) is 3.89. The molecule has 0 aromatic carbocycles. The van der Waals surface area contributed by atoms with Crippen LogP contribution in [0.1, 0.15) is 6.42 Å². The van der Waals surface area contributed by atoms with Crippen LogP contribution in [-0.2, 0) is 16.1 Å². The van der Waals surface area contributed by atoms with Crippen molar-refractivity contribution >= 4 is 11.9 Å². The van der Waals surface area contributed by atoms with Gasteiger partial charge in [0.15, 0.2) is 0 Å². The van der Waals surface area contributed by atoms with Crippen LogP contribution in [0.15, 0.2) is 29.2 Å². The number of carboxylic acids is 2. The Morgan fingerprint density at radius 3 is 2.48 bits per heavy atom. The second-order valence-electron chi connectivity index (χ2n) is 5.21. The van der Waals surface area contributed by atoms with Crippen LogP contribution < -0.4 is 5.56 Å². The van der Waals surface area contributed by atoms with Crippen molar-refractivity contribution in [2.24, 2.45) is 11.8 Å². The van der Waals surface area contributed by atoms with Gasteiger partial charge in [0.1, 0.15) is 0 Å². The van der Waals surface area contributed by atoms with E-state index in [0.717, 1.165) is 0 Å². The Kier molecular flexibility index (Phi) is 4.74. The Balaban J connectivity index is 1.97. The summed E-state index contributed by atoms with van der Waals surface area (Å²) in [5.74, 6) is -3.87. The fraction of sp³-hybridized carbons (Fsp3) is 0.500. The number of likely N-dealkylation sites (tertiary alicyclic amines) is 1. The van der Waals surface area contributed by atoms with Gasteiger partial charge in [-0.2, -0.15) is 0 Å². The molecule has 0 bridgehead atoms. The topological polar surface area (TPSA) is 99.8 Å². The van der Waals surface area contributed by atoms with Crippen LogP contribution in [0.2, 0.25) is 0 Å². The van der Waals surface area contributed by atoms with E-state index < -0.39 is 23.8 Å². The van der Waals surface area contributed by atoms with Gasteiger partial charge in [0.2, 0.25) is 0 Å². The van der Waals surface area contributed by atoms with Crippen LogP contribution in [0.4, 0.5) is 0 Å². The number of carboxylic acid groups (broad SMARTS) is 2. The third kappa shape index (κ3) is 3.69. The molecule has 0 amide bonds. The lowest BCUT2D eigenvalue weighted by Crippen LogP contribution is -2.47. The molecule has 1 aromatic rings. The summed E-state index contributed by atoms with van der Waals surface area (Å²) in [5, 5.41) is 18.2. The van der Waals surface area contributed by atoms with Gasteiger partial charge in [-0.25, -0.2) is 0 Å². The fourth-order valence-electron chi connectivity index (χ4n) is 2.66. The molecule has 0 aliphatic carbocycles. The summed E-state index contributed by atoms with van der Waals surface area (Å²) in [7, 11) is 0. The van der Waals surface area contributed by atoms with Crippen molar-refractivity contribution < 1.29 is 19.8 Å². The zero-order valence-corrected chi connectivity index (χ0v) is 11.5. The monoisotopic (exact) mass is 294 g/mol. The molecule has 2 unspecified atom stereocenters. The lowest BCUT2D eigenvalue weighted by atomic mass is 9.85. The number of hydrogen-bond donors (Lipinski definition) is 2. The van der Waals surface area contributed by atoms with Gasteiger partial charge < -0.3 is 19.7 Å². The summed E-state index contributed by atoms with van der Waals surface area (Å²) < 4.78 is 1.55. The molecule has 0 spiro atoms. The van der Waals surface area contributed by atoms with E-state index in [2.05, 4.69) is 0 Å². The SMILES string of the molecule is O=C(O)C1CCN(CCn2ccccc2=O)CC1C(=O)O. The number of carbonyl (C=O) groups is 2. The van der Waals surface area contributed by atoms with Gasteiger partial charge in [0.05, 0.1) is 11.8 Å². The number of pyridine rings is 1. The number of hydrogen-bond acceptors (Lipinski definition) is 4. The first-order valence-electron chi connectivity index (χ1n) is 6.82. The van der Waals surface area contributed by atoms with Crippen LogP contribution >= 0.6 is 0 Å². The van der Waals surface area contributed by atoms with Crippen LogP contribution in [0.5, 0.6) is 0 Å². The van der Waals surface area contributed by atoms with Gasteiger partial charge in [-0.05, 0) is 19.0 Å². The Bertz CT molecular complexity index is 583. The van der Waals surface area contributed by atoms with E-state index in [-0.39, 0.29) is 12.1 Å². The van der Waals surface area contributed by atoms with Crippen LogP contribution in [0, 0.1) is 11.8 Å². The van der Waals surface area contributed by atoms with E-state index >= 15 is 0 Å². The molecule has 2 rings (SSSR count). The van der Waals surface area contributed by atoms with Gasteiger partial charge in [-0.1, -0.05) is 6.07 Å². The quantitative estimate of drug-likeness (QED) is 0.790. The molecule has 7 nitrogen and oxygen atoms in total. The first-order valence-corrected chi connectivity index (χ1v) is 6.82. The molecule has 2 heterocycles. The standard InChI is InChI=1S/C14H18N2O5/c17-12-3-1-2-5-16(12)8-7-15-6-4-10(13(18)19)11(9-15)14(20)21/h1-3,5,10-11H,4,6-9H2,(H,18,19)(H,20,21). The highest BCUT2D eigenvalue weighted by molar-refractivity contribution is 5.80. The molecule has 1 fully saturated rings. The van der Waals surface area contributed by atoms with Crippen molar-refractivity contribution in [3.63, 3.8) is 0 Å². The van der Waals surface area contributed by atoms with Crippen LogP contribution in [0.25, 0.3) is 0 Å². The summed E-state index contributed by atoms with van der Waals surface area (Å²) in [4.78, 5) is 35.7. The predicted molar refractivity (Wildman–Crippen MR) is 74.0 cm³/mol. The first kappa shape index (κ1) is 15.2. The molecular weight excluding hydrogens is 276 g/mol. The molecule has 0 saturated carbocycles. The molecule has 1 saturated heterocycles. The highest BCUT2D eigenvalue weighted by Gasteiger charge is 2.38. The predicted octanol–water partition coefficient (Wildman–Crippen LogP) is -0.0444. The highest BCUT2D eigenvalue weighted by atomic mass is 16.4. The number of aromatic nitrogens is 1. The average molecular weight is 294 g/mol. The van der Waals surface area contributed by atoms with Crippen molar-refractivity contribution in [3.05, 3.63) is 34.7 Å². The van der Waals surface area contributed by atoms with E-state index in [0.29, 0.717) is 26.1 Å². The maximum Gasteiger partial charge on any atom is 0.308 e. The Morgan fingerprint density at radius 2 is 1.86 bits per heavy atom. The average Bonchev–Trinajstić information content (AvgIpc) is 2.46. The normalized spacial score (nSPS) is 22.9. The van der Waals surface area contributed by atoms with Gasteiger partial charge in [-0.3, -0.25) is 14.4 Å². The van der Waals surface area contributed by atoms with Gasteiger partial charge in [0, 0.05) is 31.9 Å². The molecule has 1 aromatic heterocycles. The molecule has 21 heavy (non-hydrogen) atoms. The van der Waals surface area contributed by atoms with Crippen molar-refractivity contribution in [2.45, 2.75) is 13.0 Å². The second kappa shape index (κ2) is 6.53. The van der Waals surface area contributed by atoms with E-state index in [4.69, 9.17) is 10.2 Å². The lowest BCUT2D eigenvalue weighted by molar-refractivity contribution is -0.157. The molecule has 1 aliphatic heterocycles. The maximum absolute atomic E-state index is 11.6.